The number of H-pyrrole nitrogens is 1. The van der Waals surface area contributed by atoms with Crippen LogP contribution in [0.15, 0.2) is 12.1 Å². The molecule has 0 bridgehead atoms. The van der Waals surface area contributed by atoms with Gasteiger partial charge in [-0.2, -0.15) is 5.21 Å². The van der Waals surface area contributed by atoms with Crippen LogP contribution in [-0.2, 0) is 17.8 Å². The Morgan fingerprint density at radius 1 is 1.55 bits per heavy atom. The van der Waals surface area contributed by atoms with Crippen LogP contribution in [0.5, 0.6) is 0 Å². The Labute approximate surface area is 131 Å². The molecule has 22 heavy (non-hydrogen) atoms. The van der Waals surface area contributed by atoms with Gasteiger partial charge in [-0.05, 0) is 24.5 Å². The summed E-state index contributed by atoms with van der Waals surface area (Å²) in [7, 11) is 0. The molecule has 1 atom stereocenters. The van der Waals surface area contributed by atoms with Gasteiger partial charge in [0.05, 0.1) is 5.02 Å². The number of benzene rings is 1. The first kappa shape index (κ1) is 14.9. The van der Waals surface area contributed by atoms with Crippen LogP contribution in [0.25, 0.3) is 0 Å². The molecule has 1 aliphatic heterocycles. The van der Waals surface area contributed by atoms with Crippen LogP contribution in [0.1, 0.15) is 36.2 Å². The van der Waals surface area contributed by atoms with E-state index in [0.29, 0.717) is 30.8 Å². The van der Waals surface area contributed by atoms with Crippen LogP contribution in [0, 0.1) is 5.82 Å². The summed E-state index contributed by atoms with van der Waals surface area (Å²) in [5, 5.41) is 13.7. The van der Waals surface area contributed by atoms with E-state index in [9.17, 15) is 9.18 Å². The van der Waals surface area contributed by atoms with Gasteiger partial charge in [-0.15, -0.1) is 10.2 Å². The lowest BCUT2D eigenvalue weighted by Gasteiger charge is -2.31. The first-order valence-corrected chi connectivity index (χ1v) is 7.47. The molecular weight excluding hydrogens is 309 g/mol. The standard InChI is InChI=1S/C14H15ClFN5O/c1-2-9(13-17-19-20-18-13)14(22)21-6-5-8-3-4-11(15)12(16)10(8)7-21/h3-4,9H,2,5-7H2,1H3,(H,17,18,19,20). The van der Waals surface area contributed by atoms with Crippen molar-refractivity contribution in [2.45, 2.75) is 32.2 Å². The molecule has 0 fully saturated rings. The molecule has 1 unspecified atom stereocenters. The molecule has 1 N–H and O–H groups in total. The number of nitrogens with zero attached hydrogens (tertiary/aromatic N) is 4. The average molecular weight is 324 g/mol. The minimum Gasteiger partial charge on any atom is -0.337 e. The van der Waals surface area contributed by atoms with E-state index < -0.39 is 11.7 Å². The maximum atomic E-state index is 14.2. The van der Waals surface area contributed by atoms with Crippen molar-refractivity contribution in [3.63, 3.8) is 0 Å². The first-order valence-electron chi connectivity index (χ1n) is 7.09. The largest absolute Gasteiger partial charge is 0.337 e. The van der Waals surface area contributed by atoms with E-state index in [-0.39, 0.29) is 17.5 Å². The molecule has 0 saturated heterocycles. The number of nitrogens with one attached hydrogen (secondary N) is 1. The Morgan fingerprint density at radius 2 is 2.36 bits per heavy atom. The van der Waals surface area contributed by atoms with Crippen molar-refractivity contribution in [1.29, 1.82) is 0 Å². The summed E-state index contributed by atoms with van der Waals surface area (Å²) in [6, 6.07) is 3.38. The van der Waals surface area contributed by atoms with E-state index in [2.05, 4.69) is 20.6 Å². The molecule has 116 valence electrons. The minimum atomic E-state index is -0.470. The topological polar surface area (TPSA) is 74.8 Å². The molecule has 0 saturated carbocycles. The van der Waals surface area contributed by atoms with Crippen molar-refractivity contribution >= 4 is 17.5 Å². The van der Waals surface area contributed by atoms with Crippen molar-refractivity contribution in [1.82, 2.24) is 25.5 Å². The molecule has 8 heteroatoms. The van der Waals surface area contributed by atoms with Crippen LogP contribution in [-0.4, -0.2) is 38.0 Å². The third kappa shape index (κ3) is 2.56. The monoisotopic (exact) mass is 323 g/mol. The van der Waals surface area contributed by atoms with E-state index in [1.54, 1.807) is 11.0 Å². The third-order valence-corrected chi connectivity index (χ3v) is 4.28. The Kier molecular flexibility index (Phi) is 4.06. The van der Waals surface area contributed by atoms with Gasteiger partial charge in [0, 0.05) is 18.7 Å². The lowest BCUT2D eigenvalue weighted by Crippen LogP contribution is -2.39. The van der Waals surface area contributed by atoms with E-state index in [1.165, 1.54) is 0 Å². The van der Waals surface area contributed by atoms with Crippen LogP contribution in [0.3, 0.4) is 0 Å². The number of carbonyl (C=O) groups excluding carboxylic acids is 1. The SMILES string of the molecule is CCC(C(=O)N1CCc2ccc(Cl)c(F)c2C1)c1nn[nH]n1. The van der Waals surface area contributed by atoms with Gasteiger partial charge < -0.3 is 4.90 Å². The second-order valence-electron chi connectivity index (χ2n) is 5.24. The summed E-state index contributed by atoms with van der Waals surface area (Å²) in [6.45, 7) is 2.64. The lowest BCUT2D eigenvalue weighted by atomic mass is 9.96. The van der Waals surface area contributed by atoms with Crippen molar-refractivity contribution in [3.05, 3.63) is 39.9 Å². The van der Waals surface area contributed by atoms with E-state index >= 15 is 0 Å². The third-order valence-electron chi connectivity index (χ3n) is 3.98. The highest BCUT2D eigenvalue weighted by molar-refractivity contribution is 6.30. The molecule has 3 rings (SSSR count). The van der Waals surface area contributed by atoms with Crippen LogP contribution in [0.4, 0.5) is 4.39 Å². The second-order valence-corrected chi connectivity index (χ2v) is 5.65. The van der Waals surface area contributed by atoms with Gasteiger partial charge in [-0.3, -0.25) is 4.79 Å². The van der Waals surface area contributed by atoms with Crippen molar-refractivity contribution in [2.75, 3.05) is 6.54 Å². The number of rotatable bonds is 3. The minimum absolute atomic E-state index is 0.0817. The number of tetrazole rings is 1. The summed E-state index contributed by atoms with van der Waals surface area (Å²) in [5.74, 6) is -0.661. The predicted molar refractivity (Wildman–Crippen MR) is 77.7 cm³/mol. The molecule has 1 aromatic heterocycles. The zero-order valence-corrected chi connectivity index (χ0v) is 12.8. The van der Waals surface area contributed by atoms with Crippen LogP contribution >= 0.6 is 11.6 Å². The number of fused-ring (bicyclic) bond motifs is 1. The Balaban J connectivity index is 1.84. The van der Waals surface area contributed by atoms with Crippen molar-refractivity contribution in [3.8, 4) is 0 Å². The fourth-order valence-corrected chi connectivity index (χ4v) is 2.93. The maximum Gasteiger partial charge on any atom is 0.233 e. The smallest absolute Gasteiger partial charge is 0.233 e. The van der Waals surface area contributed by atoms with Gasteiger partial charge >= 0.3 is 0 Å². The lowest BCUT2D eigenvalue weighted by molar-refractivity contribution is -0.134. The Hall–Kier alpha value is -2.02. The molecule has 2 heterocycles. The molecule has 6 nitrogen and oxygen atoms in total. The van der Waals surface area contributed by atoms with Gasteiger partial charge in [0.1, 0.15) is 11.7 Å². The molecule has 1 aliphatic rings. The molecule has 0 aliphatic carbocycles. The number of carbonyl (C=O) groups is 1. The molecular formula is C14H15ClFN5O. The fourth-order valence-electron chi connectivity index (χ4n) is 2.76. The van der Waals surface area contributed by atoms with Gasteiger partial charge in [0.15, 0.2) is 5.82 Å². The van der Waals surface area contributed by atoms with E-state index in [4.69, 9.17) is 11.6 Å². The molecule has 0 radical (unpaired) electrons. The fraction of sp³-hybridized carbons (Fsp3) is 0.429. The number of hydrogen-bond donors (Lipinski definition) is 1. The Bertz CT molecular complexity index is 691. The number of hydrogen-bond acceptors (Lipinski definition) is 4. The molecule has 0 spiro atoms. The summed E-state index contributed by atoms with van der Waals surface area (Å²) in [6.07, 6.45) is 1.16. The normalized spacial score (nSPS) is 15.5. The van der Waals surface area contributed by atoms with Gasteiger partial charge in [0.2, 0.25) is 5.91 Å². The number of aromatic amines is 1. The van der Waals surface area contributed by atoms with E-state index in [0.717, 1.165) is 5.56 Å². The van der Waals surface area contributed by atoms with Crippen molar-refractivity contribution < 1.29 is 9.18 Å². The van der Waals surface area contributed by atoms with Crippen molar-refractivity contribution in [2.24, 2.45) is 0 Å². The zero-order chi connectivity index (χ0) is 15.7. The predicted octanol–water partition coefficient (Wildman–Crippen LogP) is 2.07. The summed E-state index contributed by atoms with van der Waals surface area (Å²) < 4.78 is 14.2. The van der Waals surface area contributed by atoms with Crippen LogP contribution < -0.4 is 0 Å². The molecule has 1 aromatic carbocycles. The highest BCUT2D eigenvalue weighted by Crippen LogP contribution is 2.29. The number of aromatic nitrogens is 4. The highest BCUT2D eigenvalue weighted by Gasteiger charge is 2.31. The van der Waals surface area contributed by atoms with Crippen LogP contribution in [0.2, 0.25) is 5.02 Å². The summed E-state index contributed by atoms with van der Waals surface area (Å²) >= 11 is 5.83. The second kappa shape index (κ2) is 6.00. The van der Waals surface area contributed by atoms with E-state index in [1.807, 2.05) is 13.0 Å². The maximum absolute atomic E-state index is 14.2. The number of amides is 1. The number of halogens is 2. The first-order chi connectivity index (χ1) is 10.6. The van der Waals surface area contributed by atoms with Gasteiger partial charge in [-0.1, -0.05) is 29.8 Å². The average Bonchev–Trinajstić information content (AvgIpc) is 3.05. The zero-order valence-electron chi connectivity index (χ0n) is 12.0. The summed E-state index contributed by atoms with van der Waals surface area (Å²) in [5.41, 5.74) is 1.40. The van der Waals surface area contributed by atoms with Gasteiger partial charge in [-0.25, -0.2) is 4.39 Å². The Morgan fingerprint density at radius 3 is 3.05 bits per heavy atom. The highest BCUT2D eigenvalue weighted by atomic mass is 35.5. The van der Waals surface area contributed by atoms with Gasteiger partial charge in [0.25, 0.3) is 0 Å². The molecule has 2 aromatic rings. The molecule has 1 amide bonds. The summed E-state index contributed by atoms with van der Waals surface area (Å²) in [4.78, 5) is 14.3. The quantitative estimate of drug-likeness (QED) is 0.938.